The van der Waals surface area contributed by atoms with Crippen molar-refractivity contribution in [3.8, 4) is 0 Å². The molecule has 15 heavy (non-hydrogen) atoms. The number of aryl methyl sites for hydroxylation is 1. The molecule has 1 unspecified atom stereocenters. The molecule has 3 nitrogen and oxygen atoms in total. The number of hydrogen-bond donors (Lipinski definition) is 0. The predicted octanol–water partition coefficient (Wildman–Crippen LogP) is 1.79. The maximum Gasteiger partial charge on any atom is 0.346 e. The molecular weight excluding hydrogens is 212 g/mol. The zero-order chi connectivity index (χ0) is 11.4. The van der Waals surface area contributed by atoms with Gasteiger partial charge in [0.2, 0.25) is 0 Å². The minimum atomic E-state index is -1.54. The second kappa shape index (κ2) is 4.89. The largest absolute Gasteiger partial charge is 0.465 e. The Labute approximate surface area is 91.2 Å². The molecule has 0 bridgehead atoms. The van der Waals surface area contributed by atoms with E-state index in [1.807, 2.05) is 19.1 Å². The summed E-state index contributed by atoms with van der Waals surface area (Å²) in [6, 6.07) is 7.08. The summed E-state index contributed by atoms with van der Waals surface area (Å²) in [6.07, 6.45) is 0. The van der Waals surface area contributed by atoms with E-state index in [1.165, 1.54) is 7.11 Å². The summed E-state index contributed by atoms with van der Waals surface area (Å²) in [5.74, 6) is -0.645. The summed E-state index contributed by atoms with van der Waals surface area (Å²) in [4.78, 5) is 11.6. The Morgan fingerprint density at radius 3 is 2.33 bits per heavy atom. The topological polar surface area (TPSA) is 43.4 Å². The molecule has 0 spiro atoms. The lowest BCUT2D eigenvalue weighted by Gasteiger charge is -2.03. The molecule has 1 rings (SSSR count). The highest BCUT2D eigenvalue weighted by molar-refractivity contribution is 7.90. The summed E-state index contributed by atoms with van der Waals surface area (Å²) in [6.45, 7) is 5.38. The normalized spacial score (nSPS) is 11.9. The smallest absolute Gasteiger partial charge is 0.346 e. The third-order valence-electron chi connectivity index (χ3n) is 1.87. The van der Waals surface area contributed by atoms with Crippen molar-refractivity contribution in [3.63, 3.8) is 0 Å². The Bertz CT molecular complexity index is 406. The predicted molar refractivity (Wildman–Crippen MR) is 58.7 cm³/mol. The van der Waals surface area contributed by atoms with E-state index in [-0.39, 0.29) is 4.91 Å². The van der Waals surface area contributed by atoms with Gasteiger partial charge in [-0.1, -0.05) is 24.3 Å². The van der Waals surface area contributed by atoms with Crippen LogP contribution in [-0.2, 0) is 20.3 Å². The fourth-order valence-corrected chi connectivity index (χ4v) is 1.90. The van der Waals surface area contributed by atoms with Gasteiger partial charge in [-0.05, 0) is 19.1 Å². The maximum atomic E-state index is 11.8. The average Bonchev–Trinajstić information content (AvgIpc) is 2.27. The van der Waals surface area contributed by atoms with Gasteiger partial charge in [0.05, 0.1) is 17.9 Å². The molecule has 0 fully saturated rings. The molecule has 0 saturated heterocycles. The summed E-state index contributed by atoms with van der Waals surface area (Å²) < 4.78 is 16.2. The molecule has 0 saturated carbocycles. The van der Waals surface area contributed by atoms with Crippen molar-refractivity contribution in [3.05, 3.63) is 41.3 Å². The Morgan fingerprint density at radius 2 is 1.87 bits per heavy atom. The Kier molecular flexibility index (Phi) is 3.80. The lowest BCUT2D eigenvalue weighted by molar-refractivity contribution is -0.135. The van der Waals surface area contributed by atoms with Crippen LogP contribution >= 0.6 is 0 Å². The molecule has 0 aromatic heterocycles. The second-order valence-electron chi connectivity index (χ2n) is 3.00. The standard InChI is InChI=1S/C11H12O3S/c1-8-4-6-10(7-5-8)15(13)9(2)11(12)14-3/h4-7H,2H2,1,3H3. The van der Waals surface area contributed by atoms with Gasteiger partial charge in [-0.3, -0.25) is 0 Å². The Balaban J connectivity index is 2.90. The minimum Gasteiger partial charge on any atom is -0.465 e. The van der Waals surface area contributed by atoms with Crippen LogP contribution in [0.2, 0.25) is 0 Å². The minimum absolute atomic E-state index is 0.0404. The number of benzene rings is 1. The van der Waals surface area contributed by atoms with Crippen molar-refractivity contribution >= 4 is 16.8 Å². The van der Waals surface area contributed by atoms with Crippen molar-refractivity contribution in [2.75, 3.05) is 7.11 Å². The molecule has 1 atom stereocenters. The van der Waals surface area contributed by atoms with Crippen LogP contribution in [0, 0.1) is 6.92 Å². The molecule has 0 N–H and O–H groups in total. The molecule has 0 radical (unpaired) electrons. The lowest BCUT2D eigenvalue weighted by Crippen LogP contribution is -2.08. The molecule has 0 aliphatic carbocycles. The Hall–Kier alpha value is -1.42. The van der Waals surface area contributed by atoms with E-state index in [2.05, 4.69) is 11.3 Å². The van der Waals surface area contributed by atoms with Crippen LogP contribution in [0.25, 0.3) is 0 Å². The van der Waals surface area contributed by atoms with Crippen molar-refractivity contribution in [2.24, 2.45) is 0 Å². The molecule has 1 aromatic carbocycles. The highest BCUT2D eigenvalue weighted by atomic mass is 32.2. The average molecular weight is 224 g/mol. The van der Waals surface area contributed by atoms with Crippen LogP contribution < -0.4 is 0 Å². The van der Waals surface area contributed by atoms with Gasteiger partial charge in [0.25, 0.3) is 0 Å². The molecule has 1 aromatic rings. The van der Waals surface area contributed by atoms with E-state index < -0.39 is 16.8 Å². The first-order valence-corrected chi connectivity index (χ1v) is 5.47. The van der Waals surface area contributed by atoms with Gasteiger partial charge >= 0.3 is 5.97 Å². The highest BCUT2D eigenvalue weighted by Gasteiger charge is 2.15. The van der Waals surface area contributed by atoms with Crippen LogP contribution in [0.5, 0.6) is 0 Å². The maximum absolute atomic E-state index is 11.8. The van der Waals surface area contributed by atoms with E-state index in [4.69, 9.17) is 0 Å². The molecule has 0 amide bonds. The number of ether oxygens (including phenoxy) is 1. The van der Waals surface area contributed by atoms with Crippen LogP contribution in [-0.4, -0.2) is 17.3 Å². The van der Waals surface area contributed by atoms with E-state index in [0.29, 0.717) is 4.90 Å². The van der Waals surface area contributed by atoms with Gasteiger partial charge < -0.3 is 4.74 Å². The monoisotopic (exact) mass is 224 g/mol. The van der Waals surface area contributed by atoms with Crippen molar-refractivity contribution in [2.45, 2.75) is 11.8 Å². The highest BCUT2D eigenvalue weighted by Crippen LogP contribution is 2.14. The van der Waals surface area contributed by atoms with Gasteiger partial charge in [-0.2, -0.15) is 0 Å². The van der Waals surface area contributed by atoms with Gasteiger partial charge in [0, 0.05) is 4.90 Å². The number of carbonyl (C=O) groups excluding carboxylic acids is 1. The van der Waals surface area contributed by atoms with Gasteiger partial charge in [0.1, 0.15) is 4.91 Å². The van der Waals surface area contributed by atoms with Crippen LogP contribution in [0.15, 0.2) is 40.6 Å². The van der Waals surface area contributed by atoms with E-state index >= 15 is 0 Å². The third kappa shape index (κ3) is 2.76. The van der Waals surface area contributed by atoms with Crippen molar-refractivity contribution in [1.82, 2.24) is 0 Å². The van der Waals surface area contributed by atoms with Crippen molar-refractivity contribution < 1.29 is 13.7 Å². The Morgan fingerprint density at radius 1 is 1.33 bits per heavy atom. The number of methoxy groups -OCH3 is 1. The number of hydrogen-bond acceptors (Lipinski definition) is 3. The third-order valence-corrected chi connectivity index (χ3v) is 3.19. The molecule has 4 heteroatoms. The van der Waals surface area contributed by atoms with Gasteiger partial charge in [0.15, 0.2) is 0 Å². The van der Waals surface area contributed by atoms with Crippen LogP contribution in [0.1, 0.15) is 5.56 Å². The summed E-state index contributed by atoms with van der Waals surface area (Å²) >= 11 is 0. The summed E-state index contributed by atoms with van der Waals surface area (Å²) in [5, 5.41) is 0. The first kappa shape index (κ1) is 11.7. The SMILES string of the molecule is C=C(C(=O)OC)S(=O)c1ccc(C)cc1. The quantitative estimate of drug-likeness (QED) is 0.580. The first-order valence-electron chi connectivity index (χ1n) is 4.32. The van der Waals surface area contributed by atoms with Gasteiger partial charge in [-0.25, -0.2) is 9.00 Å². The second-order valence-corrected chi connectivity index (χ2v) is 4.50. The molecular formula is C11H12O3S. The summed E-state index contributed by atoms with van der Waals surface area (Å²) in [5.41, 5.74) is 1.07. The fourth-order valence-electron chi connectivity index (χ4n) is 0.994. The summed E-state index contributed by atoms with van der Waals surface area (Å²) in [7, 11) is -0.299. The van der Waals surface area contributed by atoms with Crippen molar-refractivity contribution in [1.29, 1.82) is 0 Å². The van der Waals surface area contributed by atoms with Crippen LogP contribution in [0.3, 0.4) is 0 Å². The molecule has 80 valence electrons. The number of rotatable bonds is 3. The molecule has 0 aliphatic heterocycles. The fraction of sp³-hybridized carbons (Fsp3) is 0.182. The first-order chi connectivity index (χ1) is 7.06. The number of esters is 1. The number of carbonyl (C=O) groups is 1. The zero-order valence-electron chi connectivity index (χ0n) is 8.65. The molecule has 0 aliphatic rings. The lowest BCUT2D eigenvalue weighted by atomic mass is 10.2. The van der Waals surface area contributed by atoms with Crippen LogP contribution in [0.4, 0.5) is 0 Å². The van der Waals surface area contributed by atoms with E-state index in [1.54, 1.807) is 12.1 Å². The van der Waals surface area contributed by atoms with Gasteiger partial charge in [-0.15, -0.1) is 0 Å². The zero-order valence-corrected chi connectivity index (χ0v) is 9.47. The van der Waals surface area contributed by atoms with E-state index in [9.17, 15) is 9.00 Å². The molecule has 0 heterocycles. The van der Waals surface area contributed by atoms with E-state index in [0.717, 1.165) is 5.56 Å².